The van der Waals surface area contributed by atoms with Gasteiger partial charge in [-0.3, -0.25) is 9.69 Å². The number of nitrogens with one attached hydrogen (secondary N) is 1. The van der Waals surface area contributed by atoms with Crippen molar-refractivity contribution in [1.82, 2.24) is 10.2 Å². The van der Waals surface area contributed by atoms with Gasteiger partial charge in [-0.2, -0.15) is 0 Å². The van der Waals surface area contributed by atoms with Crippen LogP contribution in [0.4, 0.5) is 5.69 Å². The van der Waals surface area contributed by atoms with Gasteiger partial charge < -0.3 is 11.1 Å². The monoisotopic (exact) mass is 367 g/mol. The summed E-state index contributed by atoms with van der Waals surface area (Å²) in [7, 11) is 0. The van der Waals surface area contributed by atoms with Crippen LogP contribution >= 0.6 is 11.8 Å². The maximum Gasteiger partial charge on any atom is 0.251 e. The molecule has 2 aromatic carbocycles. The lowest BCUT2D eigenvalue weighted by Crippen LogP contribution is -2.62. The molecule has 1 amide bonds. The highest BCUT2D eigenvalue weighted by molar-refractivity contribution is 7.99. The molecule has 2 unspecified atom stereocenters. The van der Waals surface area contributed by atoms with E-state index in [1.54, 1.807) is 11.8 Å². The third-order valence-corrected chi connectivity index (χ3v) is 6.68. The second-order valence-corrected chi connectivity index (χ2v) is 8.46. The van der Waals surface area contributed by atoms with E-state index >= 15 is 0 Å². The van der Waals surface area contributed by atoms with Crippen LogP contribution in [0.3, 0.4) is 0 Å². The number of hydrogen-bond acceptors (Lipinski definition) is 4. The number of nitrogen functional groups attached to an aromatic ring is 1. The van der Waals surface area contributed by atoms with Crippen molar-refractivity contribution in [3.63, 3.8) is 0 Å². The van der Waals surface area contributed by atoms with Gasteiger partial charge in [0.25, 0.3) is 5.91 Å². The number of carbonyl (C=O) groups is 1. The van der Waals surface area contributed by atoms with E-state index in [9.17, 15) is 4.79 Å². The number of carbonyl (C=O) groups excluding carboxylic acids is 1. The van der Waals surface area contributed by atoms with E-state index in [1.165, 1.54) is 25.9 Å². The third kappa shape index (κ3) is 3.60. The zero-order valence-electron chi connectivity index (χ0n) is 15.0. The predicted octanol–water partition coefficient (Wildman–Crippen LogP) is 3.63. The first-order valence-corrected chi connectivity index (χ1v) is 10.1. The van der Waals surface area contributed by atoms with Crippen molar-refractivity contribution in [2.45, 2.75) is 41.6 Å². The fourth-order valence-electron chi connectivity index (χ4n) is 4.17. The molecule has 0 spiro atoms. The quantitative estimate of drug-likeness (QED) is 0.810. The van der Waals surface area contributed by atoms with Gasteiger partial charge in [0.15, 0.2) is 0 Å². The molecule has 3 fully saturated rings. The lowest BCUT2D eigenvalue weighted by atomic mass is 9.79. The summed E-state index contributed by atoms with van der Waals surface area (Å²) in [6, 6.07) is 16.4. The Balaban J connectivity index is 1.41. The second-order valence-electron chi connectivity index (χ2n) is 7.31. The number of nitrogens with two attached hydrogens (primary N) is 1. The van der Waals surface area contributed by atoms with Crippen LogP contribution < -0.4 is 11.1 Å². The summed E-state index contributed by atoms with van der Waals surface area (Å²) in [4.78, 5) is 17.4. The minimum atomic E-state index is 0.0381. The van der Waals surface area contributed by atoms with Gasteiger partial charge in [-0.25, -0.2) is 0 Å². The van der Waals surface area contributed by atoms with Gasteiger partial charge in [-0.1, -0.05) is 17.8 Å². The zero-order valence-corrected chi connectivity index (χ0v) is 15.8. The van der Waals surface area contributed by atoms with Crippen LogP contribution in [0.1, 0.15) is 30.1 Å². The normalized spacial score (nSPS) is 27.3. The number of fused-ring (bicyclic) bond motifs is 3. The fraction of sp³-hybridized carbons (Fsp3) is 0.381. The highest BCUT2D eigenvalue weighted by atomic mass is 32.2. The molecule has 3 N–H and O–H groups in total. The number of anilines is 1. The molecule has 2 bridgehead atoms. The standard InChI is InChI=1S/C21H25N3OS/c1-14-20(15-9-11-24(14)12-10-15)23-21(25)16-5-7-18(8-6-16)26-19-4-2-3-17(22)13-19/h2-8,13-15,20H,9-12,22H2,1H3,(H,23,25). The molecular formula is C21H25N3OS. The first-order chi connectivity index (χ1) is 12.6. The zero-order chi connectivity index (χ0) is 18.1. The van der Waals surface area contributed by atoms with E-state index in [2.05, 4.69) is 17.1 Å². The van der Waals surface area contributed by atoms with Gasteiger partial charge in [0, 0.05) is 33.1 Å². The number of benzene rings is 2. The van der Waals surface area contributed by atoms with E-state index in [-0.39, 0.29) is 11.9 Å². The van der Waals surface area contributed by atoms with Crippen molar-refractivity contribution in [3.05, 3.63) is 54.1 Å². The largest absolute Gasteiger partial charge is 0.399 e. The van der Waals surface area contributed by atoms with Crippen LogP contribution in [0.25, 0.3) is 0 Å². The smallest absolute Gasteiger partial charge is 0.251 e. The topological polar surface area (TPSA) is 58.4 Å². The van der Waals surface area contributed by atoms with Gasteiger partial charge in [0.1, 0.15) is 0 Å². The van der Waals surface area contributed by atoms with Crippen molar-refractivity contribution in [2.75, 3.05) is 18.8 Å². The SMILES string of the molecule is CC1C(NC(=O)c2ccc(Sc3cccc(N)c3)cc2)C2CCN1CC2. The van der Waals surface area contributed by atoms with Gasteiger partial charge >= 0.3 is 0 Å². The van der Waals surface area contributed by atoms with E-state index in [4.69, 9.17) is 5.73 Å². The molecular weight excluding hydrogens is 342 g/mol. The summed E-state index contributed by atoms with van der Waals surface area (Å²) in [6.45, 7) is 4.59. The van der Waals surface area contributed by atoms with Gasteiger partial charge in [0.2, 0.25) is 0 Å². The minimum absolute atomic E-state index is 0.0381. The molecule has 3 saturated heterocycles. The molecule has 5 heteroatoms. The summed E-state index contributed by atoms with van der Waals surface area (Å²) in [5.74, 6) is 0.661. The fourth-order valence-corrected chi connectivity index (χ4v) is 5.05. The molecule has 0 aliphatic carbocycles. The van der Waals surface area contributed by atoms with Crippen molar-refractivity contribution in [3.8, 4) is 0 Å². The summed E-state index contributed by atoms with van der Waals surface area (Å²) >= 11 is 1.65. The summed E-state index contributed by atoms with van der Waals surface area (Å²) in [5.41, 5.74) is 7.32. The van der Waals surface area contributed by atoms with Crippen LogP contribution in [0, 0.1) is 5.92 Å². The molecule has 0 aromatic heterocycles. The minimum Gasteiger partial charge on any atom is -0.399 e. The number of nitrogens with zero attached hydrogens (tertiary/aromatic N) is 1. The highest BCUT2D eigenvalue weighted by Crippen LogP contribution is 2.32. The Hall–Kier alpha value is -1.98. The molecule has 0 saturated carbocycles. The molecule has 26 heavy (non-hydrogen) atoms. The summed E-state index contributed by atoms with van der Waals surface area (Å²) in [6.07, 6.45) is 2.40. The van der Waals surface area contributed by atoms with Crippen molar-refractivity contribution in [1.29, 1.82) is 0 Å². The summed E-state index contributed by atoms with van der Waals surface area (Å²) in [5, 5.41) is 3.29. The van der Waals surface area contributed by atoms with Crippen LogP contribution in [0.2, 0.25) is 0 Å². The maximum atomic E-state index is 12.7. The van der Waals surface area contributed by atoms with Gasteiger partial charge in [-0.05, 0) is 81.2 Å². The molecule has 3 aliphatic heterocycles. The maximum absolute atomic E-state index is 12.7. The van der Waals surface area contributed by atoms with Crippen LogP contribution in [-0.2, 0) is 0 Å². The summed E-state index contributed by atoms with van der Waals surface area (Å²) < 4.78 is 0. The molecule has 3 heterocycles. The Morgan fingerprint density at radius 1 is 1.12 bits per heavy atom. The lowest BCUT2D eigenvalue weighted by Gasteiger charge is -2.49. The van der Waals surface area contributed by atoms with E-state index in [0.717, 1.165) is 21.0 Å². The molecule has 136 valence electrons. The lowest BCUT2D eigenvalue weighted by molar-refractivity contribution is 0.0217. The van der Waals surface area contributed by atoms with E-state index in [1.807, 2.05) is 48.5 Å². The van der Waals surface area contributed by atoms with Crippen LogP contribution in [-0.4, -0.2) is 36.0 Å². The average Bonchev–Trinajstić information content (AvgIpc) is 2.65. The Bertz CT molecular complexity index is 782. The number of amides is 1. The Kier molecular flexibility index (Phi) is 4.92. The Morgan fingerprint density at radius 2 is 1.85 bits per heavy atom. The first kappa shape index (κ1) is 17.4. The van der Waals surface area contributed by atoms with Crippen molar-refractivity contribution < 1.29 is 4.79 Å². The number of rotatable bonds is 4. The number of hydrogen-bond donors (Lipinski definition) is 2. The van der Waals surface area contributed by atoms with Crippen molar-refractivity contribution >= 4 is 23.4 Å². The highest BCUT2D eigenvalue weighted by Gasteiger charge is 2.40. The van der Waals surface area contributed by atoms with E-state index in [0.29, 0.717) is 12.0 Å². The van der Waals surface area contributed by atoms with Crippen LogP contribution in [0.5, 0.6) is 0 Å². The average molecular weight is 368 g/mol. The van der Waals surface area contributed by atoms with Crippen LogP contribution in [0.15, 0.2) is 58.3 Å². The number of piperidine rings is 3. The van der Waals surface area contributed by atoms with E-state index < -0.39 is 0 Å². The molecule has 4 nitrogen and oxygen atoms in total. The predicted molar refractivity (Wildman–Crippen MR) is 106 cm³/mol. The van der Waals surface area contributed by atoms with Gasteiger partial charge in [0.05, 0.1) is 0 Å². The van der Waals surface area contributed by atoms with Crippen molar-refractivity contribution in [2.24, 2.45) is 5.92 Å². The second kappa shape index (κ2) is 7.33. The Morgan fingerprint density at radius 3 is 2.50 bits per heavy atom. The molecule has 5 rings (SSSR count). The van der Waals surface area contributed by atoms with Gasteiger partial charge in [-0.15, -0.1) is 0 Å². The molecule has 2 atom stereocenters. The third-order valence-electron chi connectivity index (χ3n) is 5.69. The Labute approximate surface area is 159 Å². The molecule has 3 aliphatic rings. The molecule has 2 aromatic rings. The first-order valence-electron chi connectivity index (χ1n) is 9.28. The molecule has 0 radical (unpaired) electrons.